The van der Waals surface area contributed by atoms with Gasteiger partial charge in [-0.1, -0.05) is 18.3 Å². The molecular formula is C18H26N2O. The minimum absolute atomic E-state index is 0.390. The van der Waals surface area contributed by atoms with Crippen molar-refractivity contribution in [1.82, 2.24) is 4.90 Å². The molecule has 2 N–H and O–H groups in total. The first-order chi connectivity index (χ1) is 10.2. The molecule has 2 atom stereocenters. The van der Waals surface area contributed by atoms with Crippen LogP contribution >= 0.6 is 0 Å². The van der Waals surface area contributed by atoms with E-state index in [1.165, 1.54) is 24.8 Å². The molecule has 0 unspecified atom stereocenters. The number of piperidine rings is 1. The van der Waals surface area contributed by atoms with E-state index in [0.29, 0.717) is 18.6 Å². The molecule has 1 aromatic rings. The van der Waals surface area contributed by atoms with E-state index in [9.17, 15) is 0 Å². The predicted octanol–water partition coefficient (Wildman–Crippen LogP) is 2.77. The fourth-order valence-corrected chi connectivity index (χ4v) is 3.12. The van der Waals surface area contributed by atoms with Crippen LogP contribution in [-0.4, -0.2) is 30.6 Å². The smallest absolute Gasteiger partial charge is 0.123 e. The van der Waals surface area contributed by atoms with Crippen molar-refractivity contribution in [3.05, 3.63) is 29.3 Å². The van der Waals surface area contributed by atoms with Gasteiger partial charge in [0.05, 0.1) is 13.7 Å². The van der Waals surface area contributed by atoms with Crippen LogP contribution < -0.4 is 10.5 Å². The van der Waals surface area contributed by atoms with Gasteiger partial charge >= 0.3 is 0 Å². The van der Waals surface area contributed by atoms with Gasteiger partial charge in [-0.2, -0.15) is 0 Å². The van der Waals surface area contributed by atoms with E-state index >= 15 is 0 Å². The number of nitrogens with zero attached hydrogens (tertiary/aromatic N) is 1. The number of hydrogen-bond acceptors (Lipinski definition) is 3. The van der Waals surface area contributed by atoms with Crippen LogP contribution in [-0.2, 0) is 6.54 Å². The molecule has 3 heteroatoms. The number of rotatable bonds is 3. The summed E-state index contributed by atoms with van der Waals surface area (Å²) in [6.45, 7) is 5.95. The maximum atomic E-state index is 5.52. The lowest BCUT2D eigenvalue weighted by molar-refractivity contribution is 0.0943. The van der Waals surface area contributed by atoms with E-state index in [1.807, 2.05) is 12.1 Å². The number of hydrogen-bond donors (Lipinski definition) is 1. The minimum atomic E-state index is 0.390. The molecule has 0 amide bonds. The highest BCUT2D eigenvalue weighted by atomic mass is 16.5. The summed E-state index contributed by atoms with van der Waals surface area (Å²) in [7, 11) is 1.73. The Labute approximate surface area is 128 Å². The van der Waals surface area contributed by atoms with Gasteiger partial charge in [0.15, 0.2) is 0 Å². The van der Waals surface area contributed by atoms with Crippen molar-refractivity contribution < 1.29 is 4.74 Å². The van der Waals surface area contributed by atoms with Crippen molar-refractivity contribution in [2.24, 2.45) is 5.73 Å². The van der Waals surface area contributed by atoms with Crippen LogP contribution in [0.25, 0.3) is 0 Å². The molecule has 0 spiro atoms. The Hall–Kier alpha value is -1.50. The minimum Gasteiger partial charge on any atom is -0.496 e. The van der Waals surface area contributed by atoms with E-state index in [-0.39, 0.29) is 0 Å². The lowest BCUT2D eigenvalue weighted by atomic mass is 9.96. The zero-order valence-electron chi connectivity index (χ0n) is 13.4. The molecule has 1 aliphatic rings. The SMILES string of the molecule is COc1ccc(C#CCN)cc1CN1[C@H](C)CCC[C@@H]1C. The highest BCUT2D eigenvalue weighted by molar-refractivity contribution is 5.44. The molecule has 0 aliphatic carbocycles. The van der Waals surface area contributed by atoms with Crippen LogP contribution in [0.4, 0.5) is 0 Å². The van der Waals surface area contributed by atoms with Gasteiger partial charge in [-0.05, 0) is 44.9 Å². The first-order valence-corrected chi connectivity index (χ1v) is 7.77. The first-order valence-electron chi connectivity index (χ1n) is 7.77. The van der Waals surface area contributed by atoms with E-state index in [4.69, 9.17) is 10.5 Å². The molecule has 1 aromatic carbocycles. The normalized spacial score (nSPS) is 22.5. The summed E-state index contributed by atoms with van der Waals surface area (Å²) >= 11 is 0. The maximum Gasteiger partial charge on any atom is 0.123 e. The van der Waals surface area contributed by atoms with Crippen LogP contribution in [0.1, 0.15) is 44.2 Å². The summed E-state index contributed by atoms with van der Waals surface area (Å²) < 4.78 is 5.52. The monoisotopic (exact) mass is 286 g/mol. The molecule has 0 radical (unpaired) electrons. The van der Waals surface area contributed by atoms with Crippen LogP contribution in [0.15, 0.2) is 18.2 Å². The third kappa shape index (κ3) is 4.00. The van der Waals surface area contributed by atoms with Crippen molar-refractivity contribution in [3.63, 3.8) is 0 Å². The highest BCUT2D eigenvalue weighted by Gasteiger charge is 2.25. The van der Waals surface area contributed by atoms with E-state index in [1.54, 1.807) is 7.11 Å². The Balaban J connectivity index is 2.24. The summed E-state index contributed by atoms with van der Waals surface area (Å²) in [4.78, 5) is 2.57. The number of methoxy groups -OCH3 is 1. The largest absolute Gasteiger partial charge is 0.496 e. The second-order valence-corrected chi connectivity index (χ2v) is 5.83. The zero-order chi connectivity index (χ0) is 15.2. The van der Waals surface area contributed by atoms with Crippen LogP contribution in [0, 0.1) is 11.8 Å². The fourth-order valence-electron chi connectivity index (χ4n) is 3.12. The van der Waals surface area contributed by atoms with Crippen molar-refractivity contribution in [3.8, 4) is 17.6 Å². The van der Waals surface area contributed by atoms with E-state index < -0.39 is 0 Å². The van der Waals surface area contributed by atoms with E-state index in [0.717, 1.165) is 17.9 Å². The predicted molar refractivity (Wildman–Crippen MR) is 87.2 cm³/mol. The number of likely N-dealkylation sites (tertiary alicyclic amines) is 1. The zero-order valence-corrected chi connectivity index (χ0v) is 13.4. The van der Waals surface area contributed by atoms with Crippen LogP contribution in [0.2, 0.25) is 0 Å². The van der Waals surface area contributed by atoms with Gasteiger partial charge in [0.25, 0.3) is 0 Å². The second kappa shape index (κ2) is 7.49. The Kier molecular flexibility index (Phi) is 5.67. The lowest BCUT2D eigenvalue weighted by Crippen LogP contribution is -2.43. The van der Waals surface area contributed by atoms with Crippen molar-refractivity contribution in [1.29, 1.82) is 0 Å². The summed E-state index contributed by atoms with van der Waals surface area (Å²) in [5.41, 5.74) is 7.67. The third-order valence-electron chi connectivity index (χ3n) is 4.34. The van der Waals surface area contributed by atoms with Gasteiger partial charge in [-0.25, -0.2) is 0 Å². The molecule has 1 aliphatic heterocycles. The molecule has 21 heavy (non-hydrogen) atoms. The molecule has 1 heterocycles. The van der Waals surface area contributed by atoms with Crippen molar-refractivity contribution >= 4 is 0 Å². The van der Waals surface area contributed by atoms with Crippen LogP contribution in [0.3, 0.4) is 0 Å². The van der Waals surface area contributed by atoms with Gasteiger partial charge in [-0.15, -0.1) is 0 Å². The quantitative estimate of drug-likeness (QED) is 0.868. The summed E-state index contributed by atoms with van der Waals surface area (Å²) in [6.07, 6.45) is 3.89. The lowest BCUT2D eigenvalue weighted by Gasteiger charge is -2.39. The average molecular weight is 286 g/mol. The molecule has 3 nitrogen and oxygen atoms in total. The maximum absolute atomic E-state index is 5.52. The Morgan fingerprint density at radius 2 is 2.00 bits per heavy atom. The highest BCUT2D eigenvalue weighted by Crippen LogP contribution is 2.28. The number of benzene rings is 1. The van der Waals surface area contributed by atoms with Crippen LogP contribution in [0.5, 0.6) is 5.75 Å². The molecule has 0 saturated carbocycles. The fraction of sp³-hybridized carbons (Fsp3) is 0.556. The second-order valence-electron chi connectivity index (χ2n) is 5.83. The number of nitrogens with two attached hydrogens (primary N) is 1. The molecule has 2 rings (SSSR count). The van der Waals surface area contributed by atoms with Gasteiger partial charge in [0.1, 0.15) is 5.75 Å². The van der Waals surface area contributed by atoms with Gasteiger partial charge in [-0.3, -0.25) is 4.90 Å². The van der Waals surface area contributed by atoms with E-state index in [2.05, 4.69) is 36.7 Å². The van der Waals surface area contributed by atoms with Gasteiger partial charge < -0.3 is 10.5 Å². The van der Waals surface area contributed by atoms with Gasteiger partial charge in [0, 0.05) is 29.8 Å². The molecule has 0 aromatic heterocycles. The molecule has 114 valence electrons. The third-order valence-corrected chi connectivity index (χ3v) is 4.34. The standard InChI is InChI=1S/C18H26N2O/c1-14-6-4-7-15(2)20(14)13-17-12-16(8-5-11-19)9-10-18(17)21-3/h9-10,12,14-15H,4,6-7,11,13,19H2,1-3H3/t14-,15+. The molecule has 0 bridgehead atoms. The Morgan fingerprint density at radius 3 is 2.62 bits per heavy atom. The number of ether oxygens (including phenoxy) is 1. The molecule has 1 saturated heterocycles. The van der Waals surface area contributed by atoms with Gasteiger partial charge in [0.2, 0.25) is 0 Å². The Bertz CT molecular complexity index is 520. The summed E-state index contributed by atoms with van der Waals surface area (Å²) in [6, 6.07) is 7.38. The molecular weight excluding hydrogens is 260 g/mol. The topological polar surface area (TPSA) is 38.5 Å². The average Bonchev–Trinajstić information content (AvgIpc) is 2.49. The van der Waals surface area contributed by atoms with Crippen molar-refractivity contribution in [2.45, 2.75) is 51.7 Å². The molecule has 1 fully saturated rings. The summed E-state index contributed by atoms with van der Waals surface area (Å²) in [5.74, 6) is 6.96. The summed E-state index contributed by atoms with van der Waals surface area (Å²) in [5, 5.41) is 0. The van der Waals surface area contributed by atoms with Crippen molar-refractivity contribution in [2.75, 3.05) is 13.7 Å². The Morgan fingerprint density at radius 1 is 1.29 bits per heavy atom. The first kappa shape index (κ1) is 15.9.